The Labute approximate surface area is 119 Å². The molecule has 4 heteroatoms. The highest BCUT2D eigenvalue weighted by Crippen LogP contribution is 2.29. The van der Waals surface area contributed by atoms with E-state index in [4.69, 9.17) is 4.74 Å². The van der Waals surface area contributed by atoms with Gasteiger partial charge in [-0.3, -0.25) is 4.79 Å². The lowest BCUT2D eigenvalue weighted by Gasteiger charge is -2.14. The van der Waals surface area contributed by atoms with Crippen LogP contribution in [0.3, 0.4) is 0 Å². The highest BCUT2D eigenvalue weighted by atomic mass is 16.5. The summed E-state index contributed by atoms with van der Waals surface area (Å²) in [5.41, 5.74) is 3.65. The van der Waals surface area contributed by atoms with Gasteiger partial charge in [0, 0.05) is 24.7 Å². The second-order valence-electron chi connectivity index (χ2n) is 4.86. The van der Waals surface area contributed by atoms with Gasteiger partial charge in [-0.1, -0.05) is 6.07 Å². The normalized spacial score (nSPS) is 14.2. The van der Waals surface area contributed by atoms with Crippen LogP contribution in [0, 0.1) is 0 Å². The third-order valence-electron chi connectivity index (χ3n) is 3.36. The Hall–Kier alpha value is -2.10. The van der Waals surface area contributed by atoms with Gasteiger partial charge in [0.05, 0.1) is 6.61 Å². The molecule has 4 nitrogen and oxygen atoms in total. The number of fused-ring (bicyclic) bond motifs is 1. The van der Waals surface area contributed by atoms with Crippen molar-refractivity contribution in [2.75, 3.05) is 18.1 Å². The van der Waals surface area contributed by atoms with Gasteiger partial charge in [0.2, 0.25) is 5.91 Å². The summed E-state index contributed by atoms with van der Waals surface area (Å²) < 4.78 is 4.96. The molecule has 0 saturated heterocycles. The Balaban J connectivity index is 2.23. The maximum atomic E-state index is 11.6. The van der Waals surface area contributed by atoms with E-state index in [1.54, 1.807) is 25.7 Å². The van der Waals surface area contributed by atoms with E-state index in [1.807, 2.05) is 24.3 Å². The minimum atomic E-state index is -0.293. The van der Waals surface area contributed by atoms with Crippen LogP contribution >= 0.6 is 0 Å². The SMILES string of the molecule is CCOC(=O)/C(C)=C/c1ccc2c(c1)CCN2C(C)=O. The van der Waals surface area contributed by atoms with Crippen molar-refractivity contribution >= 4 is 23.6 Å². The van der Waals surface area contributed by atoms with Crippen LogP contribution in [0.1, 0.15) is 31.9 Å². The minimum absolute atomic E-state index is 0.0646. The molecule has 0 N–H and O–H groups in total. The summed E-state index contributed by atoms with van der Waals surface area (Å²) in [6.07, 6.45) is 2.67. The second-order valence-corrected chi connectivity index (χ2v) is 4.86. The zero-order chi connectivity index (χ0) is 14.7. The molecule has 0 radical (unpaired) electrons. The number of esters is 1. The maximum absolute atomic E-state index is 11.6. The molecule has 0 aliphatic carbocycles. The van der Waals surface area contributed by atoms with Gasteiger partial charge in [-0.25, -0.2) is 4.79 Å². The zero-order valence-corrected chi connectivity index (χ0v) is 12.1. The summed E-state index contributed by atoms with van der Waals surface area (Å²) in [7, 11) is 0. The van der Waals surface area contributed by atoms with Gasteiger partial charge in [0.15, 0.2) is 0 Å². The number of hydrogen-bond donors (Lipinski definition) is 0. The van der Waals surface area contributed by atoms with Gasteiger partial charge in [-0.05, 0) is 49.6 Å². The van der Waals surface area contributed by atoms with Crippen LogP contribution in [0.5, 0.6) is 0 Å². The van der Waals surface area contributed by atoms with Crippen molar-refractivity contribution in [3.05, 3.63) is 34.9 Å². The highest BCUT2D eigenvalue weighted by molar-refractivity contribution is 5.95. The standard InChI is InChI=1S/C16H19NO3/c1-4-20-16(19)11(2)9-13-5-6-15-14(10-13)7-8-17(15)12(3)18/h5-6,9-10H,4,7-8H2,1-3H3/b11-9+. The first kappa shape index (κ1) is 14.3. The number of rotatable bonds is 3. The molecule has 1 amide bonds. The number of ether oxygens (including phenoxy) is 1. The first-order valence-electron chi connectivity index (χ1n) is 6.79. The molecule has 20 heavy (non-hydrogen) atoms. The minimum Gasteiger partial charge on any atom is -0.463 e. The lowest BCUT2D eigenvalue weighted by molar-refractivity contribution is -0.138. The average molecular weight is 273 g/mol. The van der Waals surface area contributed by atoms with Gasteiger partial charge in [0.1, 0.15) is 0 Å². The van der Waals surface area contributed by atoms with Crippen molar-refractivity contribution < 1.29 is 14.3 Å². The van der Waals surface area contributed by atoms with Crippen molar-refractivity contribution in [3.63, 3.8) is 0 Å². The molecule has 106 valence electrons. The molecule has 0 atom stereocenters. The molecule has 0 unspecified atom stereocenters. The van der Waals surface area contributed by atoms with Crippen LogP contribution in [0.15, 0.2) is 23.8 Å². The number of hydrogen-bond acceptors (Lipinski definition) is 3. The lowest BCUT2D eigenvalue weighted by Crippen LogP contribution is -2.25. The summed E-state index contributed by atoms with van der Waals surface area (Å²) in [4.78, 5) is 24.8. The van der Waals surface area contributed by atoms with Crippen LogP contribution in [0.25, 0.3) is 6.08 Å². The Morgan fingerprint density at radius 3 is 2.75 bits per heavy atom. The Bertz CT molecular complexity index is 575. The molecular formula is C16H19NO3. The van der Waals surface area contributed by atoms with E-state index in [9.17, 15) is 9.59 Å². The number of amides is 1. The monoisotopic (exact) mass is 273 g/mol. The zero-order valence-electron chi connectivity index (χ0n) is 12.1. The molecule has 0 aromatic heterocycles. The summed E-state index contributed by atoms with van der Waals surface area (Å²) in [5.74, 6) is -0.229. The van der Waals surface area contributed by atoms with Crippen LogP contribution in [0.2, 0.25) is 0 Å². The fraction of sp³-hybridized carbons (Fsp3) is 0.375. The number of carbonyl (C=O) groups is 2. The van der Waals surface area contributed by atoms with E-state index < -0.39 is 0 Å². The van der Waals surface area contributed by atoms with Gasteiger partial charge < -0.3 is 9.64 Å². The van der Waals surface area contributed by atoms with Gasteiger partial charge in [0.25, 0.3) is 0 Å². The largest absolute Gasteiger partial charge is 0.463 e. The van der Waals surface area contributed by atoms with Crippen LogP contribution < -0.4 is 4.90 Å². The summed E-state index contributed by atoms with van der Waals surface area (Å²) >= 11 is 0. The second kappa shape index (κ2) is 5.90. The number of benzene rings is 1. The third-order valence-corrected chi connectivity index (χ3v) is 3.36. The fourth-order valence-corrected chi connectivity index (χ4v) is 2.39. The summed E-state index contributed by atoms with van der Waals surface area (Å²) in [5, 5.41) is 0. The molecule has 1 heterocycles. The van der Waals surface area contributed by atoms with E-state index in [-0.39, 0.29) is 11.9 Å². The van der Waals surface area contributed by atoms with E-state index >= 15 is 0 Å². The van der Waals surface area contributed by atoms with Crippen LogP contribution in [-0.2, 0) is 20.7 Å². The molecular weight excluding hydrogens is 254 g/mol. The topological polar surface area (TPSA) is 46.6 Å². The molecule has 2 rings (SSSR count). The first-order chi connectivity index (χ1) is 9.52. The van der Waals surface area contributed by atoms with Crippen molar-refractivity contribution in [3.8, 4) is 0 Å². The predicted octanol–water partition coefficient (Wildman–Crippen LogP) is 2.56. The van der Waals surface area contributed by atoms with Crippen molar-refractivity contribution in [1.82, 2.24) is 0 Å². The smallest absolute Gasteiger partial charge is 0.333 e. The predicted molar refractivity (Wildman–Crippen MR) is 78.5 cm³/mol. The van der Waals surface area contributed by atoms with E-state index in [0.29, 0.717) is 12.2 Å². The third kappa shape index (κ3) is 2.90. The number of carbonyl (C=O) groups excluding carboxylic acids is 2. The highest BCUT2D eigenvalue weighted by Gasteiger charge is 2.21. The van der Waals surface area contributed by atoms with E-state index in [2.05, 4.69) is 0 Å². The molecule has 1 aliphatic rings. The van der Waals surface area contributed by atoms with Crippen LogP contribution in [-0.4, -0.2) is 25.0 Å². The number of anilines is 1. The summed E-state index contributed by atoms with van der Waals surface area (Å²) in [6.45, 7) is 6.22. The van der Waals surface area contributed by atoms with Gasteiger partial charge in [-0.15, -0.1) is 0 Å². The molecule has 1 aromatic carbocycles. The van der Waals surface area contributed by atoms with Gasteiger partial charge in [-0.2, -0.15) is 0 Å². The van der Waals surface area contributed by atoms with Crippen molar-refractivity contribution in [1.29, 1.82) is 0 Å². The molecule has 0 bridgehead atoms. The average Bonchev–Trinajstić information content (AvgIpc) is 2.82. The van der Waals surface area contributed by atoms with E-state index in [0.717, 1.165) is 29.8 Å². The van der Waals surface area contributed by atoms with Crippen molar-refractivity contribution in [2.24, 2.45) is 0 Å². The van der Waals surface area contributed by atoms with Gasteiger partial charge >= 0.3 is 5.97 Å². The fourth-order valence-electron chi connectivity index (χ4n) is 2.39. The molecule has 0 spiro atoms. The Kier molecular flexibility index (Phi) is 4.23. The first-order valence-corrected chi connectivity index (χ1v) is 6.79. The Morgan fingerprint density at radius 2 is 2.10 bits per heavy atom. The molecule has 0 fully saturated rings. The van der Waals surface area contributed by atoms with Crippen molar-refractivity contribution in [2.45, 2.75) is 27.2 Å². The lowest BCUT2D eigenvalue weighted by atomic mass is 10.1. The van der Waals surface area contributed by atoms with E-state index in [1.165, 1.54) is 0 Å². The molecule has 1 aromatic rings. The maximum Gasteiger partial charge on any atom is 0.333 e. The Morgan fingerprint density at radius 1 is 1.35 bits per heavy atom. The molecule has 1 aliphatic heterocycles. The van der Waals surface area contributed by atoms with Crippen LogP contribution in [0.4, 0.5) is 5.69 Å². The summed E-state index contributed by atoms with van der Waals surface area (Å²) in [6, 6.07) is 5.89. The number of nitrogens with zero attached hydrogens (tertiary/aromatic N) is 1. The molecule has 0 saturated carbocycles. The quantitative estimate of drug-likeness (QED) is 0.628.